The smallest absolute Gasteiger partial charge is 0.347 e. The molecule has 3 rings (SSSR count). The van der Waals surface area contributed by atoms with E-state index in [9.17, 15) is 45.3 Å². The van der Waals surface area contributed by atoms with Gasteiger partial charge in [-0.15, -0.1) is 0 Å². The van der Waals surface area contributed by atoms with Crippen molar-refractivity contribution in [1.82, 2.24) is 0 Å². The van der Waals surface area contributed by atoms with Crippen molar-refractivity contribution < 1.29 is 59.5 Å². The fourth-order valence-electron chi connectivity index (χ4n) is 5.65. The molecular formula is C34H48O12. The number of aliphatic hydroxyl groups is 4. The number of rotatable bonds is 19. The minimum atomic E-state index is -1.67. The predicted octanol–water partition coefficient (Wildman–Crippen LogP) is 4.22. The molecule has 1 aliphatic rings. The van der Waals surface area contributed by atoms with Gasteiger partial charge in [-0.2, -0.15) is 0 Å². The number of aromatic hydroxyl groups is 2. The van der Waals surface area contributed by atoms with Crippen molar-refractivity contribution in [3.8, 4) is 23.0 Å². The Morgan fingerprint density at radius 2 is 1.41 bits per heavy atom. The molecule has 0 saturated carbocycles. The summed E-state index contributed by atoms with van der Waals surface area (Å²) in [5.41, 5.74) is 0.323. The van der Waals surface area contributed by atoms with Crippen molar-refractivity contribution in [2.24, 2.45) is 0 Å². The monoisotopic (exact) mass is 648 g/mol. The van der Waals surface area contributed by atoms with Crippen molar-refractivity contribution in [2.75, 3.05) is 6.61 Å². The molecule has 0 radical (unpaired) electrons. The fourth-order valence-corrected chi connectivity index (χ4v) is 5.65. The van der Waals surface area contributed by atoms with Gasteiger partial charge in [0.2, 0.25) is 6.29 Å². The lowest BCUT2D eigenvalue weighted by Gasteiger charge is -2.21. The highest BCUT2D eigenvalue weighted by Gasteiger charge is 2.47. The Balaban J connectivity index is 1.96. The second-order valence-corrected chi connectivity index (χ2v) is 11.8. The van der Waals surface area contributed by atoms with Gasteiger partial charge >= 0.3 is 11.9 Å². The quantitative estimate of drug-likeness (QED) is 0.0650. The lowest BCUT2D eigenvalue weighted by Crippen LogP contribution is -2.40. The number of esters is 1. The van der Waals surface area contributed by atoms with E-state index < -0.39 is 55.0 Å². The highest BCUT2D eigenvalue weighted by Crippen LogP contribution is 2.36. The molecule has 1 saturated heterocycles. The standard InChI is InChI=1S/C34H48O12/c1-3-5-7-9-11-13-20-15-22(36)17-26(45-34-30(40)29(39)31(46-34)25(38)19-35)28(20)33(43)44-23-16-21(14-12-10-8-6-4-2)27(32(41)42)24(37)18-23/h15-18,25,29-31,34-40H,3-14,19H2,1-2H3,(H,41,42)/t25-,29-,30-,31+,34-/m0/s1. The number of aryl methyl sites for hydroxylation is 2. The van der Waals surface area contributed by atoms with Crippen molar-refractivity contribution in [3.63, 3.8) is 0 Å². The molecule has 1 aliphatic heterocycles. The number of carboxylic acids is 1. The van der Waals surface area contributed by atoms with Gasteiger partial charge < -0.3 is 50.0 Å². The second kappa shape index (κ2) is 18.1. The average Bonchev–Trinajstić information content (AvgIpc) is 3.28. The van der Waals surface area contributed by atoms with Gasteiger partial charge in [-0.1, -0.05) is 65.2 Å². The molecule has 12 nitrogen and oxygen atoms in total. The number of benzene rings is 2. The highest BCUT2D eigenvalue weighted by molar-refractivity contribution is 5.97. The number of hydrogen-bond acceptors (Lipinski definition) is 11. The van der Waals surface area contributed by atoms with E-state index in [-0.39, 0.29) is 28.4 Å². The number of phenols is 2. The molecule has 0 unspecified atom stereocenters. The van der Waals surface area contributed by atoms with Crippen LogP contribution in [0.4, 0.5) is 0 Å². The summed E-state index contributed by atoms with van der Waals surface area (Å²) in [5.74, 6) is -3.36. The van der Waals surface area contributed by atoms with Crippen molar-refractivity contribution >= 4 is 11.9 Å². The number of phenolic OH excluding ortho intramolecular Hbond substituents is 1. The van der Waals surface area contributed by atoms with Crippen LogP contribution in [0.5, 0.6) is 23.0 Å². The van der Waals surface area contributed by atoms with Gasteiger partial charge in [0.1, 0.15) is 58.5 Å². The Morgan fingerprint density at radius 1 is 0.826 bits per heavy atom. The minimum absolute atomic E-state index is 0.0947. The van der Waals surface area contributed by atoms with Crippen LogP contribution in [0.2, 0.25) is 0 Å². The van der Waals surface area contributed by atoms with E-state index in [2.05, 4.69) is 13.8 Å². The van der Waals surface area contributed by atoms with Crippen molar-refractivity contribution in [1.29, 1.82) is 0 Å². The van der Waals surface area contributed by atoms with Crippen LogP contribution in [0.3, 0.4) is 0 Å². The zero-order valence-electron chi connectivity index (χ0n) is 26.6. The van der Waals surface area contributed by atoms with Crippen LogP contribution >= 0.6 is 0 Å². The molecule has 0 aromatic heterocycles. The summed E-state index contributed by atoms with van der Waals surface area (Å²) in [6, 6.07) is 4.99. The summed E-state index contributed by atoms with van der Waals surface area (Å²) in [5, 5.41) is 71.1. The Labute approximate surface area is 269 Å². The van der Waals surface area contributed by atoms with Gasteiger partial charge in [0.15, 0.2) is 0 Å². The van der Waals surface area contributed by atoms with Crippen LogP contribution in [0.15, 0.2) is 24.3 Å². The van der Waals surface area contributed by atoms with Crippen LogP contribution in [-0.4, -0.2) is 85.0 Å². The van der Waals surface area contributed by atoms with Gasteiger partial charge in [-0.05, 0) is 48.9 Å². The lowest BCUT2D eigenvalue weighted by molar-refractivity contribution is -0.137. The molecule has 0 bridgehead atoms. The number of hydrogen-bond donors (Lipinski definition) is 7. The molecule has 5 atom stereocenters. The van der Waals surface area contributed by atoms with E-state index in [1.165, 1.54) is 12.1 Å². The second-order valence-electron chi connectivity index (χ2n) is 11.8. The summed E-state index contributed by atoms with van der Waals surface area (Å²) in [6.45, 7) is 3.43. The number of carbonyl (C=O) groups is 2. The molecule has 46 heavy (non-hydrogen) atoms. The topological polar surface area (TPSA) is 203 Å². The summed E-state index contributed by atoms with van der Waals surface area (Å²) < 4.78 is 17.0. The number of aliphatic hydroxyl groups excluding tert-OH is 4. The summed E-state index contributed by atoms with van der Waals surface area (Å²) in [4.78, 5) is 25.7. The Hall–Kier alpha value is -3.42. The van der Waals surface area contributed by atoms with Gasteiger partial charge in [-0.3, -0.25) is 0 Å². The maximum Gasteiger partial charge on any atom is 0.347 e. The largest absolute Gasteiger partial charge is 0.508 e. The lowest BCUT2D eigenvalue weighted by atomic mass is 9.98. The van der Waals surface area contributed by atoms with E-state index in [1.807, 2.05) is 0 Å². The third kappa shape index (κ3) is 9.79. The molecule has 0 spiro atoms. The fraction of sp³-hybridized carbons (Fsp3) is 0.588. The van der Waals surface area contributed by atoms with Gasteiger partial charge in [0, 0.05) is 12.1 Å². The van der Waals surface area contributed by atoms with E-state index >= 15 is 0 Å². The number of ether oxygens (including phenoxy) is 3. The van der Waals surface area contributed by atoms with Crippen molar-refractivity contribution in [2.45, 2.75) is 122 Å². The molecule has 2 aromatic carbocycles. The molecule has 1 fully saturated rings. The predicted molar refractivity (Wildman–Crippen MR) is 167 cm³/mol. The zero-order valence-corrected chi connectivity index (χ0v) is 26.6. The van der Waals surface area contributed by atoms with Crippen LogP contribution in [0, 0.1) is 0 Å². The van der Waals surface area contributed by atoms with E-state index in [0.29, 0.717) is 36.8 Å². The Morgan fingerprint density at radius 3 is 1.98 bits per heavy atom. The number of carbonyl (C=O) groups excluding carboxylic acids is 1. The van der Waals surface area contributed by atoms with E-state index in [4.69, 9.17) is 14.2 Å². The summed E-state index contributed by atoms with van der Waals surface area (Å²) in [6.07, 6.45) is 2.16. The molecule has 7 N–H and O–H groups in total. The number of aromatic carboxylic acids is 1. The molecule has 0 aliphatic carbocycles. The van der Waals surface area contributed by atoms with Gasteiger partial charge in [0.05, 0.1) is 6.61 Å². The summed E-state index contributed by atoms with van der Waals surface area (Å²) in [7, 11) is 0. The highest BCUT2D eigenvalue weighted by atomic mass is 16.7. The van der Waals surface area contributed by atoms with E-state index in [0.717, 1.165) is 63.5 Å². The first-order chi connectivity index (χ1) is 22.0. The van der Waals surface area contributed by atoms with E-state index in [1.54, 1.807) is 0 Å². The zero-order chi connectivity index (χ0) is 33.8. The molecule has 0 amide bonds. The Bertz CT molecular complexity index is 1300. The minimum Gasteiger partial charge on any atom is -0.508 e. The summed E-state index contributed by atoms with van der Waals surface area (Å²) >= 11 is 0. The van der Waals surface area contributed by atoms with Gasteiger partial charge in [-0.25, -0.2) is 9.59 Å². The number of unbranched alkanes of at least 4 members (excludes halogenated alkanes) is 8. The first-order valence-electron chi connectivity index (χ1n) is 16.2. The van der Waals surface area contributed by atoms with Gasteiger partial charge in [0.25, 0.3) is 0 Å². The molecule has 1 heterocycles. The van der Waals surface area contributed by atoms with Crippen LogP contribution in [0.25, 0.3) is 0 Å². The third-order valence-electron chi connectivity index (χ3n) is 8.14. The molecule has 256 valence electrons. The van der Waals surface area contributed by atoms with Crippen molar-refractivity contribution in [3.05, 3.63) is 46.5 Å². The third-order valence-corrected chi connectivity index (χ3v) is 8.14. The maximum atomic E-state index is 13.8. The SMILES string of the molecule is CCCCCCCc1cc(OC(=O)c2c(CCCCCCC)cc(O)cc2O[C@H]2O[C@H]([C@@H](O)CO)[C@@H](O)[C@@H]2O)cc(O)c1C(=O)O. The van der Waals surface area contributed by atoms with Crippen LogP contribution in [-0.2, 0) is 17.6 Å². The Kier molecular flexibility index (Phi) is 14.5. The molecule has 2 aromatic rings. The molecular weight excluding hydrogens is 600 g/mol. The number of carboxylic acid groups (broad SMARTS) is 1. The van der Waals surface area contributed by atoms with Crippen LogP contribution in [0.1, 0.15) is 110 Å². The first-order valence-corrected chi connectivity index (χ1v) is 16.2. The molecule has 12 heteroatoms. The van der Waals surface area contributed by atoms with Crippen LogP contribution < -0.4 is 9.47 Å². The maximum absolute atomic E-state index is 13.8. The first kappa shape index (κ1) is 37.0. The average molecular weight is 649 g/mol. The normalized spacial score (nSPS) is 20.0.